The number of nitrogens with one attached hydrogen (secondary N) is 1. The Morgan fingerprint density at radius 1 is 1.38 bits per heavy atom. The average Bonchev–Trinajstić information content (AvgIpc) is 3.00. The Kier molecular flexibility index (Phi) is 4.85. The highest BCUT2D eigenvalue weighted by molar-refractivity contribution is 5.78. The second-order valence-electron chi connectivity index (χ2n) is 6.21. The largest absolute Gasteiger partial charge is 0.483 e. The minimum atomic E-state index is -0.0622. The summed E-state index contributed by atoms with van der Waals surface area (Å²) in [5.41, 5.74) is 2.09. The summed E-state index contributed by atoms with van der Waals surface area (Å²) in [7, 11) is 1.95. The Morgan fingerprint density at radius 3 is 2.79 bits per heavy atom. The summed E-state index contributed by atoms with van der Waals surface area (Å²) in [4.78, 5) is 19.0. The van der Waals surface area contributed by atoms with Crippen molar-refractivity contribution >= 4 is 5.91 Å². The van der Waals surface area contributed by atoms with Gasteiger partial charge in [-0.15, -0.1) is 0 Å². The molecule has 1 fully saturated rings. The van der Waals surface area contributed by atoms with Crippen molar-refractivity contribution in [2.24, 2.45) is 7.05 Å². The summed E-state index contributed by atoms with van der Waals surface area (Å²) in [5.74, 6) is 1.68. The van der Waals surface area contributed by atoms with Crippen molar-refractivity contribution in [2.45, 2.75) is 19.9 Å². The Bertz CT molecular complexity index is 705. The van der Waals surface area contributed by atoms with E-state index in [0.29, 0.717) is 13.1 Å². The first-order valence-corrected chi connectivity index (χ1v) is 8.24. The van der Waals surface area contributed by atoms with Gasteiger partial charge in [0.2, 0.25) is 0 Å². The highest BCUT2D eigenvalue weighted by Gasteiger charge is 2.30. The lowest BCUT2D eigenvalue weighted by molar-refractivity contribution is -0.137. The van der Waals surface area contributed by atoms with Crippen molar-refractivity contribution in [3.63, 3.8) is 0 Å². The number of benzene rings is 1. The number of para-hydroxylation sites is 1. The molecule has 1 aliphatic heterocycles. The lowest BCUT2D eigenvalue weighted by Gasteiger charge is -2.35. The van der Waals surface area contributed by atoms with Crippen molar-refractivity contribution in [2.75, 3.05) is 26.2 Å². The number of carbonyl (C=O) groups excluding carboxylic acids is 1. The number of ether oxygens (including phenoxy) is 1. The maximum Gasteiger partial charge on any atom is 0.261 e. The third-order valence-electron chi connectivity index (χ3n) is 4.47. The second kappa shape index (κ2) is 7.05. The van der Waals surface area contributed by atoms with E-state index in [0.717, 1.165) is 29.2 Å². The molecular formula is C18H24N4O2. The summed E-state index contributed by atoms with van der Waals surface area (Å²) in [6.45, 7) is 6.19. The van der Waals surface area contributed by atoms with Crippen LogP contribution in [-0.2, 0) is 11.8 Å². The van der Waals surface area contributed by atoms with Crippen LogP contribution in [0, 0.1) is 13.8 Å². The quantitative estimate of drug-likeness (QED) is 0.926. The zero-order chi connectivity index (χ0) is 17.1. The standard InChI is InChI=1S/C18H24N4O2/c1-13-5-4-6-14(2)17(13)24-12-16(23)22-10-7-19-11-15(22)18-20-8-9-21(18)3/h4-6,8-9,15,19H,7,10-12H2,1-3H3. The van der Waals surface area contributed by atoms with Crippen LogP contribution in [0.4, 0.5) is 0 Å². The van der Waals surface area contributed by atoms with Crippen LogP contribution in [0.1, 0.15) is 23.0 Å². The fourth-order valence-electron chi connectivity index (χ4n) is 3.18. The maximum atomic E-state index is 12.7. The van der Waals surface area contributed by atoms with Gasteiger partial charge in [0.15, 0.2) is 6.61 Å². The molecule has 128 valence electrons. The first kappa shape index (κ1) is 16.5. The maximum absolute atomic E-state index is 12.7. The number of piperazine rings is 1. The van der Waals surface area contributed by atoms with Crippen molar-refractivity contribution < 1.29 is 9.53 Å². The summed E-state index contributed by atoms with van der Waals surface area (Å²) >= 11 is 0. The van der Waals surface area contributed by atoms with Gasteiger partial charge < -0.3 is 19.5 Å². The van der Waals surface area contributed by atoms with Crippen LogP contribution in [0.15, 0.2) is 30.6 Å². The topological polar surface area (TPSA) is 59.4 Å². The zero-order valence-electron chi connectivity index (χ0n) is 14.5. The molecule has 1 aromatic carbocycles. The number of aryl methyl sites for hydroxylation is 3. The van der Waals surface area contributed by atoms with E-state index in [1.165, 1.54) is 0 Å². The third-order valence-corrected chi connectivity index (χ3v) is 4.47. The molecule has 0 radical (unpaired) electrons. The minimum Gasteiger partial charge on any atom is -0.483 e. The van der Waals surface area contributed by atoms with Gasteiger partial charge in [-0.25, -0.2) is 4.98 Å². The predicted octanol–water partition coefficient (Wildman–Crippen LogP) is 1.59. The molecule has 1 atom stereocenters. The van der Waals surface area contributed by atoms with E-state index in [9.17, 15) is 4.79 Å². The fourth-order valence-corrected chi connectivity index (χ4v) is 3.18. The van der Waals surface area contributed by atoms with Crippen LogP contribution < -0.4 is 10.1 Å². The predicted molar refractivity (Wildman–Crippen MR) is 91.9 cm³/mol. The van der Waals surface area contributed by atoms with Crippen molar-refractivity contribution in [3.05, 3.63) is 47.5 Å². The molecule has 6 nitrogen and oxygen atoms in total. The smallest absolute Gasteiger partial charge is 0.261 e. The first-order valence-electron chi connectivity index (χ1n) is 8.24. The molecule has 0 saturated carbocycles. The molecule has 6 heteroatoms. The van der Waals surface area contributed by atoms with Crippen LogP contribution in [0.3, 0.4) is 0 Å². The SMILES string of the molecule is Cc1cccc(C)c1OCC(=O)N1CCNCC1c1nccn1C. The lowest BCUT2D eigenvalue weighted by atomic mass is 10.1. The minimum absolute atomic E-state index is 0.00727. The summed E-state index contributed by atoms with van der Waals surface area (Å²) in [6.07, 6.45) is 3.67. The number of imidazole rings is 1. The van der Waals surface area contributed by atoms with Gasteiger partial charge in [0.1, 0.15) is 17.6 Å². The number of rotatable bonds is 4. The average molecular weight is 328 g/mol. The molecule has 0 bridgehead atoms. The molecule has 2 heterocycles. The van der Waals surface area contributed by atoms with E-state index in [2.05, 4.69) is 10.3 Å². The molecule has 1 N–H and O–H groups in total. The van der Waals surface area contributed by atoms with Crippen molar-refractivity contribution in [1.82, 2.24) is 19.8 Å². The summed E-state index contributed by atoms with van der Waals surface area (Å²) in [6, 6.07) is 5.92. The van der Waals surface area contributed by atoms with E-state index in [1.54, 1.807) is 6.20 Å². The number of hydrogen-bond acceptors (Lipinski definition) is 4. The Morgan fingerprint density at radius 2 is 2.12 bits per heavy atom. The molecule has 1 aliphatic rings. The third kappa shape index (κ3) is 3.28. The summed E-state index contributed by atoms with van der Waals surface area (Å²) in [5, 5.41) is 3.34. The van der Waals surface area contributed by atoms with E-state index in [-0.39, 0.29) is 18.6 Å². The highest BCUT2D eigenvalue weighted by Crippen LogP contribution is 2.24. The van der Waals surface area contributed by atoms with Crippen LogP contribution in [0.2, 0.25) is 0 Å². The molecule has 1 amide bonds. The Balaban J connectivity index is 1.72. The summed E-state index contributed by atoms with van der Waals surface area (Å²) < 4.78 is 7.80. The molecular weight excluding hydrogens is 304 g/mol. The zero-order valence-corrected chi connectivity index (χ0v) is 14.5. The number of aromatic nitrogens is 2. The van der Waals surface area contributed by atoms with Gasteiger partial charge in [0.25, 0.3) is 5.91 Å². The monoisotopic (exact) mass is 328 g/mol. The van der Waals surface area contributed by atoms with Gasteiger partial charge in [-0.2, -0.15) is 0 Å². The second-order valence-corrected chi connectivity index (χ2v) is 6.21. The number of nitrogens with zero attached hydrogens (tertiary/aromatic N) is 3. The first-order chi connectivity index (χ1) is 11.6. The van der Waals surface area contributed by atoms with Gasteiger partial charge >= 0.3 is 0 Å². The number of hydrogen-bond donors (Lipinski definition) is 1. The molecule has 1 unspecified atom stereocenters. The normalized spacial score (nSPS) is 17.8. The molecule has 1 saturated heterocycles. The van der Waals surface area contributed by atoms with E-state index < -0.39 is 0 Å². The molecule has 0 aliphatic carbocycles. The fraction of sp³-hybridized carbons (Fsp3) is 0.444. The van der Waals surface area contributed by atoms with Crippen LogP contribution in [0.5, 0.6) is 5.75 Å². The van der Waals surface area contributed by atoms with Gasteiger partial charge in [-0.3, -0.25) is 4.79 Å². The van der Waals surface area contributed by atoms with Crippen LogP contribution in [-0.4, -0.2) is 46.6 Å². The van der Waals surface area contributed by atoms with Crippen molar-refractivity contribution in [3.8, 4) is 5.75 Å². The highest BCUT2D eigenvalue weighted by atomic mass is 16.5. The molecule has 24 heavy (non-hydrogen) atoms. The van der Waals surface area contributed by atoms with Crippen LogP contribution >= 0.6 is 0 Å². The van der Waals surface area contributed by atoms with E-state index in [4.69, 9.17) is 4.74 Å². The lowest BCUT2D eigenvalue weighted by Crippen LogP contribution is -2.50. The molecule has 3 rings (SSSR count). The molecule has 2 aromatic rings. The van der Waals surface area contributed by atoms with E-state index in [1.807, 2.05) is 54.8 Å². The molecule has 0 spiro atoms. The van der Waals surface area contributed by atoms with Gasteiger partial charge in [0, 0.05) is 39.1 Å². The van der Waals surface area contributed by atoms with Gasteiger partial charge in [-0.1, -0.05) is 18.2 Å². The Hall–Kier alpha value is -2.34. The van der Waals surface area contributed by atoms with E-state index >= 15 is 0 Å². The molecule has 1 aromatic heterocycles. The van der Waals surface area contributed by atoms with Crippen molar-refractivity contribution in [1.29, 1.82) is 0 Å². The van der Waals surface area contributed by atoms with Gasteiger partial charge in [0.05, 0.1) is 0 Å². The Labute approximate surface area is 142 Å². The van der Waals surface area contributed by atoms with Gasteiger partial charge in [-0.05, 0) is 25.0 Å². The number of amides is 1. The number of carbonyl (C=O) groups is 1. The van der Waals surface area contributed by atoms with Crippen LogP contribution in [0.25, 0.3) is 0 Å².